The van der Waals surface area contributed by atoms with E-state index >= 15 is 0 Å². The van der Waals surface area contributed by atoms with Crippen molar-refractivity contribution in [1.29, 1.82) is 0 Å². The molecule has 4 heteroatoms. The number of hydrogen-bond acceptors (Lipinski definition) is 2. The summed E-state index contributed by atoms with van der Waals surface area (Å²) >= 11 is 0. The van der Waals surface area contributed by atoms with E-state index < -0.39 is 0 Å². The Morgan fingerprint density at radius 2 is 2.55 bits per heavy atom. The van der Waals surface area contributed by atoms with Gasteiger partial charge in [0.2, 0.25) is 0 Å². The van der Waals surface area contributed by atoms with Crippen molar-refractivity contribution >= 4 is 6.34 Å². The highest BCUT2D eigenvalue weighted by atomic mass is 15.2. The van der Waals surface area contributed by atoms with E-state index in [1.807, 2.05) is 22.7 Å². The SMILES string of the molecule is CN=CN(C)Cn1ccnc1. The van der Waals surface area contributed by atoms with Gasteiger partial charge in [-0.2, -0.15) is 0 Å². The number of hydrogen-bond donors (Lipinski definition) is 0. The van der Waals surface area contributed by atoms with Crippen LogP contribution in [0.25, 0.3) is 0 Å². The van der Waals surface area contributed by atoms with Crippen LogP contribution < -0.4 is 0 Å². The average Bonchev–Trinajstić information content (AvgIpc) is 2.40. The summed E-state index contributed by atoms with van der Waals surface area (Å²) in [6.07, 6.45) is 7.23. The summed E-state index contributed by atoms with van der Waals surface area (Å²) in [7, 11) is 3.72. The number of imidazole rings is 1. The van der Waals surface area contributed by atoms with Crippen molar-refractivity contribution in [3.8, 4) is 0 Å². The summed E-state index contributed by atoms with van der Waals surface area (Å²) in [5, 5.41) is 0. The van der Waals surface area contributed by atoms with Gasteiger partial charge in [-0.05, 0) is 0 Å². The van der Waals surface area contributed by atoms with Crippen LogP contribution in [0.1, 0.15) is 0 Å². The fraction of sp³-hybridized carbons (Fsp3) is 0.429. The molecule has 0 aliphatic heterocycles. The molecule has 0 aromatic carbocycles. The Kier molecular flexibility index (Phi) is 2.66. The van der Waals surface area contributed by atoms with Crippen LogP contribution in [-0.2, 0) is 6.67 Å². The second-order valence-electron chi connectivity index (χ2n) is 2.35. The lowest BCUT2D eigenvalue weighted by Gasteiger charge is -2.12. The molecular weight excluding hydrogens is 140 g/mol. The van der Waals surface area contributed by atoms with E-state index in [1.165, 1.54) is 0 Å². The van der Waals surface area contributed by atoms with Crippen LogP contribution in [0, 0.1) is 0 Å². The maximum absolute atomic E-state index is 3.93. The zero-order valence-corrected chi connectivity index (χ0v) is 6.81. The monoisotopic (exact) mass is 152 g/mol. The first-order chi connectivity index (χ1) is 5.33. The fourth-order valence-electron chi connectivity index (χ4n) is 0.862. The Labute approximate surface area is 66.2 Å². The molecule has 0 saturated heterocycles. The smallest absolute Gasteiger partial charge is 0.0960 e. The van der Waals surface area contributed by atoms with E-state index in [2.05, 4.69) is 9.98 Å². The Bertz CT molecular complexity index is 214. The predicted molar refractivity (Wildman–Crippen MR) is 44.4 cm³/mol. The van der Waals surface area contributed by atoms with Crippen LogP contribution in [0.5, 0.6) is 0 Å². The topological polar surface area (TPSA) is 33.4 Å². The van der Waals surface area contributed by atoms with Crippen LogP contribution >= 0.6 is 0 Å². The van der Waals surface area contributed by atoms with Crippen LogP contribution in [0.4, 0.5) is 0 Å². The van der Waals surface area contributed by atoms with Crippen molar-refractivity contribution in [2.45, 2.75) is 6.67 Å². The number of rotatable bonds is 3. The molecule has 1 aromatic rings. The normalized spacial score (nSPS) is 10.7. The summed E-state index contributed by atoms with van der Waals surface area (Å²) in [6, 6.07) is 0. The van der Waals surface area contributed by atoms with Crippen molar-refractivity contribution in [3.05, 3.63) is 18.7 Å². The number of nitrogens with zero attached hydrogens (tertiary/aromatic N) is 4. The second kappa shape index (κ2) is 3.75. The molecule has 0 atom stereocenters. The van der Waals surface area contributed by atoms with Crippen molar-refractivity contribution < 1.29 is 0 Å². The third-order valence-electron chi connectivity index (χ3n) is 1.26. The van der Waals surface area contributed by atoms with Crippen molar-refractivity contribution in [2.24, 2.45) is 4.99 Å². The Morgan fingerprint density at radius 1 is 1.73 bits per heavy atom. The van der Waals surface area contributed by atoms with Crippen molar-refractivity contribution in [1.82, 2.24) is 14.5 Å². The van der Waals surface area contributed by atoms with Gasteiger partial charge in [-0.1, -0.05) is 0 Å². The number of aromatic nitrogens is 2. The van der Waals surface area contributed by atoms with Crippen molar-refractivity contribution in [2.75, 3.05) is 14.1 Å². The molecule has 1 rings (SSSR count). The molecule has 0 bridgehead atoms. The second-order valence-corrected chi connectivity index (χ2v) is 2.35. The lowest BCUT2D eigenvalue weighted by atomic mass is 10.8. The molecule has 60 valence electrons. The van der Waals surface area contributed by atoms with E-state index in [-0.39, 0.29) is 0 Å². The third kappa shape index (κ3) is 2.41. The van der Waals surface area contributed by atoms with Gasteiger partial charge in [0.05, 0.1) is 19.3 Å². The Morgan fingerprint density at radius 3 is 3.09 bits per heavy atom. The van der Waals surface area contributed by atoms with Gasteiger partial charge in [-0.3, -0.25) is 4.99 Å². The third-order valence-corrected chi connectivity index (χ3v) is 1.26. The zero-order chi connectivity index (χ0) is 8.10. The van der Waals surface area contributed by atoms with Gasteiger partial charge in [0, 0.05) is 26.5 Å². The van der Waals surface area contributed by atoms with E-state index in [0.717, 1.165) is 6.67 Å². The molecule has 0 radical (unpaired) electrons. The minimum atomic E-state index is 0.789. The van der Waals surface area contributed by atoms with E-state index in [1.54, 1.807) is 25.9 Å². The van der Waals surface area contributed by atoms with Gasteiger partial charge in [0.15, 0.2) is 0 Å². The highest BCUT2D eigenvalue weighted by Crippen LogP contribution is 1.87. The largest absolute Gasteiger partial charge is 0.348 e. The molecule has 0 saturated carbocycles. The predicted octanol–water partition coefficient (Wildman–Crippen LogP) is 0.430. The first kappa shape index (κ1) is 7.78. The first-order valence-corrected chi connectivity index (χ1v) is 3.41. The van der Waals surface area contributed by atoms with Crippen molar-refractivity contribution in [3.63, 3.8) is 0 Å². The molecule has 0 N–H and O–H groups in total. The molecule has 11 heavy (non-hydrogen) atoms. The molecule has 0 aliphatic rings. The van der Waals surface area contributed by atoms with Gasteiger partial charge >= 0.3 is 0 Å². The molecule has 0 aliphatic carbocycles. The van der Waals surface area contributed by atoms with E-state index in [0.29, 0.717) is 0 Å². The first-order valence-electron chi connectivity index (χ1n) is 3.41. The maximum Gasteiger partial charge on any atom is 0.0960 e. The molecule has 4 nitrogen and oxygen atoms in total. The summed E-state index contributed by atoms with van der Waals surface area (Å²) in [6.45, 7) is 0.789. The molecule has 0 spiro atoms. The highest BCUT2D eigenvalue weighted by Gasteiger charge is 1.90. The number of aliphatic imine (C=N–C) groups is 1. The van der Waals surface area contributed by atoms with Crippen LogP contribution in [0.2, 0.25) is 0 Å². The van der Waals surface area contributed by atoms with Gasteiger partial charge in [-0.15, -0.1) is 0 Å². The fourth-order valence-corrected chi connectivity index (χ4v) is 0.862. The minimum absolute atomic E-state index is 0.789. The van der Waals surface area contributed by atoms with Crippen LogP contribution in [0.15, 0.2) is 23.7 Å². The van der Waals surface area contributed by atoms with Gasteiger partial charge in [-0.25, -0.2) is 4.98 Å². The average molecular weight is 152 g/mol. The summed E-state index contributed by atoms with van der Waals surface area (Å²) < 4.78 is 1.97. The maximum atomic E-state index is 3.93. The molecule has 0 amide bonds. The Hall–Kier alpha value is -1.32. The summed E-state index contributed by atoms with van der Waals surface area (Å²) in [5.74, 6) is 0. The highest BCUT2D eigenvalue weighted by molar-refractivity contribution is 5.53. The lowest BCUT2D eigenvalue weighted by Crippen LogP contribution is -2.19. The molecule has 0 fully saturated rings. The Balaban J connectivity index is 2.43. The minimum Gasteiger partial charge on any atom is -0.348 e. The summed E-state index contributed by atoms with van der Waals surface area (Å²) in [5.41, 5.74) is 0. The zero-order valence-electron chi connectivity index (χ0n) is 6.81. The lowest BCUT2D eigenvalue weighted by molar-refractivity contribution is 0.413. The quantitative estimate of drug-likeness (QED) is 0.465. The molecular formula is C7H12N4. The summed E-state index contributed by atoms with van der Waals surface area (Å²) in [4.78, 5) is 9.78. The molecule has 1 aromatic heterocycles. The van der Waals surface area contributed by atoms with Gasteiger partial charge in [0.1, 0.15) is 0 Å². The van der Waals surface area contributed by atoms with Crippen LogP contribution in [-0.4, -0.2) is 34.9 Å². The standard InChI is InChI=1S/C7H12N4/c1-8-5-10(2)7-11-4-3-9-6-11/h3-6H,7H2,1-2H3. The van der Waals surface area contributed by atoms with Gasteiger partial charge in [0.25, 0.3) is 0 Å². The van der Waals surface area contributed by atoms with Crippen LogP contribution in [0.3, 0.4) is 0 Å². The van der Waals surface area contributed by atoms with E-state index in [9.17, 15) is 0 Å². The molecule has 1 heterocycles. The molecule has 0 unspecified atom stereocenters. The van der Waals surface area contributed by atoms with Gasteiger partial charge < -0.3 is 9.47 Å². The van der Waals surface area contributed by atoms with E-state index in [4.69, 9.17) is 0 Å².